The maximum absolute atomic E-state index is 5.54. The minimum atomic E-state index is -2.35. The summed E-state index contributed by atoms with van der Waals surface area (Å²) < 4.78 is 21.8. The van der Waals surface area contributed by atoms with Crippen LogP contribution in [0.3, 0.4) is 0 Å². The SMILES string of the molecule is CO[Si](CCC1CCC2OC2C1)(OC)OC.N[SiH3]. The molecule has 5 nitrogen and oxygen atoms in total. The molecular weight excluding hydrogens is 266 g/mol. The summed E-state index contributed by atoms with van der Waals surface area (Å²) in [7, 11) is 3.50. The standard InChI is InChI=1S/C11H22O4Si.H5NSi/c1-12-16(13-2,14-3)7-6-9-4-5-10-11(8-9)15-10;1-2/h9-11H,4-8H2,1-3H3;1H2,2H3. The zero-order chi connectivity index (χ0) is 13.6. The Morgan fingerprint density at radius 2 is 1.72 bits per heavy atom. The van der Waals surface area contributed by atoms with Crippen LogP contribution >= 0.6 is 0 Å². The number of fused-ring (bicyclic) bond motifs is 1. The molecule has 3 unspecified atom stereocenters. The molecule has 2 aliphatic rings. The Hall–Kier alpha value is 0.234. The second-order valence-corrected chi connectivity index (χ2v) is 7.82. The molecule has 1 aliphatic carbocycles. The highest BCUT2D eigenvalue weighted by molar-refractivity contribution is 6.60. The molecule has 0 aromatic rings. The molecule has 3 atom stereocenters. The highest BCUT2D eigenvalue weighted by Crippen LogP contribution is 2.41. The first kappa shape index (κ1) is 16.3. The first-order chi connectivity index (χ1) is 8.73. The molecule has 0 amide bonds. The smallest absolute Gasteiger partial charge is 0.377 e. The van der Waals surface area contributed by atoms with Gasteiger partial charge in [-0.15, -0.1) is 0 Å². The molecule has 0 bridgehead atoms. The lowest BCUT2D eigenvalue weighted by atomic mass is 9.88. The third-order valence-electron chi connectivity index (χ3n) is 3.90. The van der Waals surface area contributed by atoms with Crippen molar-refractivity contribution in [1.29, 1.82) is 0 Å². The number of rotatable bonds is 6. The summed E-state index contributed by atoms with van der Waals surface area (Å²) in [5, 5.41) is 4.64. The van der Waals surface area contributed by atoms with Crippen molar-refractivity contribution in [1.82, 2.24) is 0 Å². The summed E-state index contributed by atoms with van der Waals surface area (Å²) in [5.74, 6) is 0.760. The molecule has 108 valence electrons. The van der Waals surface area contributed by atoms with Crippen molar-refractivity contribution in [2.24, 2.45) is 11.3 Å². The van der Waals surface area contributed by atoms with Crippen LogP contribution in [0, 0.1) is 5.92 Å². The molecule has 0 aromatic heterocycles. The molecule has 0 aromatic carbocycles. The largest absolute Gasteiger partial charge is 0.500 e. The van der Waals surface area contributed by atoms with E-state index in [4.69, 9.17) is 18.0 Å². The van der Waals surface area contributed by atoms with E-state index in [2.05, 4.69) is 5.40 Å². The average Bonchev–Trinajstić information content (AvgIpc) is 3.22. The van der Waals surface area contributed by atoms with E-state index in [1.54, 1.807) is 21.3 Å². The Morgan fingerprint density at radius 1 is 1.11 bits per heavy atom. The number of ether oxygens (including phenoxy) is 1. The van der Waals surface area contributed by atoms with E-state index in [9.17, 15) is 0 Å². The van der Waals surface area contributed by atoms with Crippen LogP contribution in [0.15, 0.2) is 0 Å². The predicted molar refractivity (Wildman–Crippen MR) is 76.3 cm³/mol. The molecule has 1 heterocycles. The van der Waals surface area contributed by atoms with Gasteiger partial charge in [0.1, 0.15) is 0 Å². The maximum atomic E-state index is 5.54. The Kier molecular flexibility index (Phi) is 7.00. The normalized spacial score (nSPS) is 30.3. The summed E-state index contributed by atoms with van der Waals surface area (Å²) in [6, 6.07) is 0.915. The summed E-state index contributed by atoms with van der Waals surface area (Å²) in [6.45, 7) is 0. The monoisotopic (exact) mass is 293 g/mol. The van der Waals surface area contributed by atoms with E-state index >= 15 is 0 Å². The fourth-order valence-corrected chi connectivity index (χ4v) is 4.56. The zero-order valence-electron chi connectivity index (χ0n) is 12.0. The van der Waals surface area contributed by atoms with Crippen LogP contribution < -0.4 is 5.40 Å². The second kappa shape index (κ2) is 7.73. The van der Waals surface area contributed by atoms with Gasteiger partial charge in [-0.1, -0.05) is 0 Å². The van der Waals surface area contributed by atoms with Crippen molar-refractivity contribution in [3.8, 4) is 0 Å². The maximum Gasteiger partial charge on any atom is 0.500 e. The van der Waals surface area contributed by atoms with Crippen molar-refractivity contribution in [2.45, 2.75) is 43.9 Å². The fourth-order valence-electron chi connectivity index (χ4n) is 2.69. The molecule has 2 fully saturated rings. The fraction of sp³-hybridized carbons (Fsp3) is 1.00. The third kappa shape index (κ3) is 4.12. The molecule has 0 radical (unpaired) electrons. The summed E-state index contributed by atoms with van der Waals surface area (Å²) in [5.41, 5.74) is 0. The number of nitrogens with two attached hydrogens (primary N) is 1. The van der Waals surface area contributed by atoms with E-state index in [-0.39, 0.29) is 0 Å². The third-order valence-corrected chi connectivity index (χ3v) is 6.67. The van der Waals surface area contributed by atoms with Crippen LogP contribution in [0.4, 0.5) is 0 Å². The Morgan fingerprint density at radius 3 is 2.22 bits per heavy atom. The highest BCUT2D eigenvalue weighted by atomic mass is 28.4. The number of epoxide rings is 1. The molecule has 7 heteroatoms. The van der Waals surface area contributed by atoms with Crippen LogP contribution in [0.1, 0.15) is 25.7 Å². The van der Waals surface area contributed by atoms with Gasteiger partial charge in [0.15, 0.2) is 0 Å². The van der Waals surface area contributed by atoms with E-state index in [1.807, 2.05) is 0 Å². The molecular formula is C11H27NO4Si2. The summed E-state index contributed by atoms with van der Waals surface area (Å²) in [6.07, 6.45) is 6.01. The minimum absolute atomic E-state index is 0.558. The Labute approximate surface area is 114 Å². The molecule has 1 saturated heterocycles. The Bertz CT molecular complexity index is 233. The molecule has 18 heavy (non-hydrogen) atoms. The number of hydrogen-bond acceptors (Lipinski definition) is 5. The molecule has 2 rings (SSSR count). The van der Waals surface area contributed by atoms with Crippen molar-refractivity contribution in [3.05, 3.63) is 0 Å². The lowest BCUT2D eigenvalue weighted by Gasteiger charge is -2.27. The van der Waals surface area contributed by atoms with Gasteiger partial charge in [-0.2, -0.15) is 0 Å². The van der Waals surface area contributed by atoms with Gasteiger partial charge in [0.25, 0.3) is 0 Å². The van der Waals surface area contributed by atoms with Crippen molar-refractivity contribution in [3.63, 3.8) is 0 Å². The van der Waals surface area contributed by atoms with Gasteiger partial charge < -0.3 is 23.4 Å². The molecule has 1 aliphatic heterocycles. The van der Waals surface area contributed by atoms with Gasteiger partial charge >= 0.3 is 8.80 Å². The lowest BCUT2D eigenvalue weighted by molar-refractivity contribution is 0.120. The first-order valence-electron chi connectivity index (χ1n) is 6.61. The van der Waals surface area contributed by atoms with Crippen LogP contribution in [0.5, 0.6) is 0 Å². The van der Waals surface area contributed by atoms with Gasteiger partial charge in [-0.3, -0.25) is 0 Å². The van der Waals surface area contributed by atoms with Crippen molar-refractivity contribution in [2.75, 3.05) is 21.3 Å². The van der Waals surface area contributed by atoms with E-state index < -0.39 is 8.80 Å². The van der Waals surface area contributed by atoms with Gasteiger partial charge in [0, 0.05) is 27.4 Å². The molecule has 1 saturated carbocycles. The van der Waals surface area contributed by atoms with E-state index in [0.29, 0.717) is 12.2 Å². The predicted octanol–water partition coefficient (Wildman–Crippen LogP) is 0.0476. The quantitative estimate of drug-likeness (QED) is 0.554. The van der Waals surface area contributed by atoms with Gasteiger partial charge in [-0.25, -0.2) is 0 Å². The van der Waals surface area contributed by atoms with Crippen molar-refractivity contribution >= 4 is 19.2 Å². The van der Waals surface area contributed by atoms with Crippen molar-refractivity contribution < 1.29 is 18.0 Å². The second-order valence-electron chi connectivity index (χ2n) is 4.73. The first-order valence-corrected chi connectivity index (χ1v) is 9.70. The lowest BCUT2D eigenvalue weighted by Crippen LogP contribution is -2.43. The molecule has 2 N–H and O–H groups in total. The van der Waals surface area contributed by atoms with Crippen LogP contribution in [0.2, 0.25) is 6.04 Å². The minimum Gasteiger partial charge on any atom is -0.377 e. The van der Waals surface area contributed by atoms with Crippen LogP contribution in [-0.4, -0.2) is 52.7 Å². The summed E-state index contributed by atoms with van der Waals surface area (Å²) >= 11 is 0. The van der Waals surface area contributed by atoms with Crippen LogP contribution in [0.25, 0.3) is 0 Å². The summed E-state index contributed by atoms with van der Waals surface area (Å²) in [4.78, 5) is 0. The van der Waals surface area contributed by atoms with Gasteiger partial charge in [0.05, 0.1) is 22.6 Å². The van der Waals surface area contributed by atoms with E-state index in [1.165, 1.54) is 19.3 Å². The molecule has 0 spiro atoms. The Balaban J connectivity index is 0.000000771. The van der Waals surface area contributed by atoms with Gasteiger partial charge in [-0.05, 0) is 31.6 Å². The highest BCUT2D eigenvalue weighted by Gasteiger charge is 2.45. The van der Waals surface area contributed by atoms with E-state index in [0.717, 1.165) is 28.8 Å². The average molecular weight is 294 g/mol. The number of hydrogen-bond donors (Lipinski definition) is 1. The van der Waals surface area contributed by atoms with Crippen LogP contribution in [-0.2, 0) is 18.0 Å². The topological polar surface area (TPSA) is 66.2 Å². The zero-order valence-corrected chi connectivity index (χ0v) is 15.0. The van der Waals surface area contributed by atoms with Gasteiger partial charge in [0.2, 0.25) is 0 Å².